The van der Waals surface area contributed by atoms with E-state index in [4.69, 9.17) is 0 Å². The molecule has 1 amide bonds. The van der Waals surface area contributed by atoms with Gasteiger partial charge in [-0.05, 0) is 31.9 Å². The molecule has 114 valence electrons. The number of carbonyl (C=O) groups is 1. The van der Waals surface area contributed by atoms with Crippen LogP contribution >= 0.6 is 0 Å². The fourth-order valence-corrected chi connectivity index (χ4v) is 2.86. The molecule has 22 heavy (non-hydrogen) atoms. The number of amides is 1. The van der Waals surface area contributed by atoms with Crippen molar-refractivity contribution in [1.82, 2.24) is 19.9 Å². The normalized spacial score (nSPS) is 15.8. The summed E-state index contributed by atoms with van der Waals surface area (Å²) in [5, 5.41) is 0. The number of nitrogens with one attached hydrogen (secondary N) is 1. The molecule has 2 aromatic heterocycles. The standard InChI is InChI=1S/C16H18N4O2/c1-11-18-14(9-15(21)19-11)12-4-7-20(8-5-12)16(22)13-3-2-6-17-10-13/h2-3,6,9-10,12H,4-5,7-8H2,1H3,(H,18,19,21). The predicted octanol–water partition coefficient (Wildman–Crippen LogP) is 1.49. The molecule has 3 heterocycles. The number of aromatic amines is 1. The van der Waals surface area contributed by atoms with Crippen LogP contribution in [0.4, 0.5) is 0 Å². The van der Waals surface area contributed by atoms with Crippen molar-refractivity contribution in [2.24, 2.45) is 0 Å². The summed E-state index contributed by atoms with van der Waals surface area (Å²) in [6, 6.07) is 5.11. The van der Waals surface area contributed by atoms with Gasteiger partial charge in [-0.1, -0.05) is 0 Å². The quantitative estimate of drug-likeness (QED) is 0.911. The molecular formula is C16H18N4O2. The molecule has 6 heteroatoms. The topological polar surface area (TPSA) is 79.0 Å². The molecule has 0 spiro atoms. The Hall–Kier alpha value is -2.50. The first-order valence-electron chi connectivity index (χ1n) is 7.40. The summed E-state index contributed by atoms with van der Waals surface area (Å²) in [4.78, 5) is 36.8. The molecule has 1 fully saturated rings. The van der Waals surface area contributed by atoms with E-state index in [0.29, 0.717) is 24.5 Å². The van der Waals surface area contributed by atoms with E-state index in [0.717, 1.165) is 18.5 Å². The van der Waals surface area contributed by atoms with Crippen molar-refractivity contribution in [2.75, 3.05) is 13.1 Å². The van der Waals surface area contributed by atoms with Crippen LogP contribution in [0.15, 0.2) is 35.4 Å². The highest BCUT2D eigenvalue weighted by Gasteiger charge is 2.25. The average Bonchev–Trinajstić information content (AvgIpc) is 2.54. The lowest BCUT2D eigenvalue weighted by Gasteiger charge is -2.31. The highest BCUT2D eigenvalue weighted by Crippen LogP contribution is 2.26. The molecule has 6 nitrogen and oxygen atoms in total. The number of pyridine rings is 1. The largest absolute Gasteiger partial charge is 0.339 e. The Kier molecular flexibility index (Phi) is 4.00. The van der Waals surface area contributed by atoms with Crippen LogP contribution in [0.25, 0.3) is 0 Å². The number of hydrogen-bond acceptors (Lipinski definition) is 4. The second-order valence-corrected chi connectivity index (χ2v) is 5.56. The first-order chi connectivity index (χ1) is 10.6. The third-order valence-corrected chi connectivity index (χ3v) is 3.99. The Morgan fingerprint density at radius 1 is 1.36 bits per heavy atom. The zero-order valence-corrected chi connectivity index (χ0v) is 12.5. The van der Waals surface area contributed by atoms with Gasteiger partial charge >= 0.3 is 0 Å². The van der Waals surface area contributed by atoms with Gasteiger partial charge in [0.2, 0.25) is 0 Å². The molecule has 1 N–H and O–H groups in total. The first-order valence-corrected chi connectivity index (χ1v) is 7.40. The van der Waals surface area contributed by atoms with Crippen LogP contribution in [0.1, 0.15) is 40.6 Å². The predicted molar refractivity (Wildman–Crippen MR) is 81.7 cm³/mol. The first kappa shape index (κ1) is 14.4. The van der Waals surface area contributed by atoms with Gasteiger partial charge in [0.05, 0.1) is 11.3 Å². The van der Waals surface area contributed by atoms with E-state index in [1.165, 1.54) is 0 Å². The number of likely N-dealkylation sites (tertiary alicyclic amines) is 1. The molecule has 1 saturated heterocycles. The average molecular weight is 298 g/mol. The summed E-state index contributed by atoms with van der Waals surface area (Å²) in [5.74, 6) is 0.886. The van der Waals surface area contributed by atoms with Crippen LogP contribution in [-0.4, -0.2) is 38.8 Å². The summed E-state index contributed by atoms with van der Waals surface area (Å²) in [6.45, 7) is 3.13. The minimum Gasteiger partial charge on any atom is -0.339 e. The van der Waals surface area contributed by atoms with Crippen LogP contribution in [0.3, 0.4) is 0 Å². The summed E-state index contributed by atoms with van der Waals surface area (Å²) in [6.07, 6.45) is 4.89. The highest BCUT2D eigenvalue weighted by molar-refractivity contribution is 5.93. The van der Waals surface area contributed by atoms with Gasteiger partial charge in [0.15, 0.2) is 0 Å². The Balaban J connectivity index is 1.67. The van der Waals surface area contributed by atoms with Gasteiger partial charge in [-0.25, -0.2) is 4.98 Å². The van der Waals surface area contributed by atoms with Gasteiger partial charge in [0, 0.05) is 37.5 Å². The van der Waals surface area contributed by atoms with E-state index in [2.05, 4.69) is 15.0 Å². The number of hydrogen-bond donors (Lipinski definition) is 1. The Morgan fingerprint density at radius 2 is 2.14 bits per heavy atom. The minimum atomic E-state index is -0.114. The van der Waals surface area contributed by atoms with Crippen LogP contribution in [0, 0.1) is 6.92 Å². The second kappa shape index (κ2) is 6.09. The molecule has 0 radical (unpaired) electrons. The fourth-order valence-electron chi connectivity index (χ4n) is 2.86. The number of piperidine rings is 1. The van der Waals surface area contributed by atoms with Gasteiger partial charge in [0.25, 0.3) is 11.5 Å². The molecule has 0 aliphatic carbocycles. The lowest BCUT2D eigenvalue weighted by atomic mass is 9.93. The maximum atomic E-state index is 12.4. The van der Waals surface area contributed by atoms with Gasteiger partial charge in [-0.2, -0.15) is 0 Å². The van der Waals surface area contributed by atoms with Crippen molar-refractivity contribution in [3.05, 3.63) is 58.0 Å². The maximum Gasteiger partial charge on any atom is 0.255 e. The number of aromatic nitrogens is 3. The second-order valence-electron chi connectivity index (χ2n) is 5.56. The van der Waals surface area contributed by atoms with Crippen molar-refractivity contribution in [3.8, 4) is 0 Å². The monoisotopic (exact) mass is 298 g/mol. The number of rotatable bonds is 2. The summed E-state index contributed by atoms with van der Waals surface area (Å²) in [7, 11) is 0. The minimum absolute atomic E-state index is 0.0154. The summed E-state index contributed by atoms with van der Waals surface area (Å²) >= 11 is 0. The summed E-state index contributed by atoms with van der Waals surface area (Å²) < 4.78 is 0. The van der Waals surface area contributed by atoms with Gasteiger partial charge < -0.3 is 9.88 Å². The molecule has 2 aromatic rings. The third kappa shape index (κ3) is 3.05. The van der Waals surface area contributed by atoms with Crippen molar-refractivity contribution in [1.29, 1.82) is 0 Å². The number of nitrogens with zero attached hydrogens (tertiary/aromatic N) is 3. The summed E-state index contributed by atoms with van der Waals surface area (Å²) in [5.41, 5.74) is 1.33. The lowest BCUT2D eigenvalue weighted by molar-refractivity contribution is 0.0711. The Morgan fingerprint density at radius 3 is 2.77 bits per heavy atom. The van der Waals surface area contributed by atoms with Crippen molar-refractivity contribution >= 4 is 5.91 Å². The van der Waals surface area contributed by atoms with E-state index >= 15 is 0 Å². The van der Waals surface area contributed by atoms with Crippen LogP contribution in [0.5, 0.6) is 0 Å². The van der Waals surface area contributed by atoms with Gasteiger partial charge in [-0.15, -0.1) is 0 Å². The lowest BCUT2D eigenvalue weighted by Crippen LogP contribution is -2.38. The van der Waals surface area contributed by atoms with Crippen molar-refractivity contribution in [3.63, 3.8) is 0 Å². The van der Waals surface area contributed by atoms with Gasteiger partial charge in [0.1, 0.15) is 5.82 Å². The Bertz CT molecular complexity index is 718. The smallest absolute Gasteiger partial charge is 0.255 e. The molecule has 1 aliphatic rings. The van der Waals surface area contributed by atoms with Gasteiger partial charge in [-0.3, -0.25) is 14.6 Å². The molecule has 3 rings (SSSR count). The van der Waals surface area contributed by atoms with E-state index in [1.807, 2.05) is 4.90 Å². The molecule has 0 unspecified atom stereocenters. The van der Waals surface area contributed by atoms with Crippen LogP contribution in [0.2, 0.25) is 0 Å². The number of aryl methyl sites for hydroxylation is 1. The third-order valence-electron chi connectivity index (χ3n) is 3.99. The van der Waals surface area contributed by atoms with E-state index in [9.17, 15) is 9.59 Å². The molecule has 0 aromatic carbocycles. The van der Waals surface area contributed by atoms with Crippen molar-refractivity contribution < 1.29 is 4.79 Å². The zero-order valence-electron chi connectivity index (χ0n) is 12.5. The maximum absolute atomic E-state index is 12.4. The van der Waals surface area contributed by atoms with Crippen LogP contribution in [-0.2, 0) is 0 Å². The number of carbonyl (C=O) groups excluding carboxylic acids is 1. The highest BCUT2D eigenvalue weighted by atomic mass is 16.2. The van der Waals surface area contributed by atoms with E-state index in [1.54, 1.807) is 37.5 Å². The van der Waals surface area contributed by atoms with E-state index in [-0.39, 0.29) is 17.4 Å². The molecule has 0 saturated carbocycles. The molecule has 0 bridgehead atoms. The van der Waals surface area contributed by atoms with Crippen LogP contribution < -0.4 is 5.56 Å². The molecule has 1 aliphatic heterocycles. The van der Waals surface area contributed by atoms with Crippen molar-refractivity contribution in [2.45, 2.75) is 25.7 Å². The Labute approximate surface area is 128 Å². The zero-order chi connectivity index (χ0) is 15.5. The SMILES string of the molecule is Cc1nc(C2CCN(C(=O)c3cccnc3)CC2)cc(=O)[nH]1. The molecule has 0 atom stereocenters. The van der Waals surface area contributed by atoms with E-state index < -0.39 is 0 Å². The molecular weight excluding hydrogens is 280 g/mol. The fraction of sp³-hybridized carbons (Fsp3) is 0.375. The number of H-pyrrole nitrogens is 1.